The van der Waals surface area contributed by atoms with E-state index < -0.39 is 0 Å². The Morgan fingerprint density at radius 2 is 2.11 bits per heavy atom. The number of aldehydes is 1. The topological polar surface area (TPSA) is 43.4 Å². The molecule has 0 amide bonds. The third-order valence-electron chi connectivity index (χ3n) is 3.25. The minimum atomic E-state index is -0.243. The van der Waals surface area contributed by atoms with Gasteiger partial charge in [-0.05, 0) is 37.0 Å². The van der Waals surface area contributed by atoms with E-state index in [1.807, 2.05) is 0 Å². The van der Waals surface area contributed by atoms with E-state index >= 15 is 0 Å². The van der Waals surface area contributed by atoms with Crippen LogP contribution in [-0.2, 0) is 4.79 Å². The van der Waals surface area contributed by atoms with Gasteiger partial charge in [-0.2, -0.15) is 0 Å². The smallest absolute Gasteiger partial charge is 0.311 e. The third-order valence-corrected chi connectivity index (χ3v) is 3.75. The second-order valence-electron chi connectivity index (χ2n) is 4.63. The van der Waals surface area contributed by atoms with Gasteiger partial charge in [0, 0.05) is 10.9 Å². The molecule has 4 heteroatoms. The van der Waals surface area contributed by atoms with Crippen LogP contribution in [0.25, 0.3) is 0 Å². The Kier molecular flexibility index (Phi) is 4.53. The number of ether oxygens (including phenoxy) is 1. The zero-order valence-electron chi connectivity index (χ0n) is 10.0. The molecule has 0 saturated heterocycles. The fraction of sp³-hybridized carbons (Fsp3) is 0.429. The van der Waals surface area contributed by atoms with Crippen molar-refractivity contribution in [2.45, 2.75) is 32.1 Å². The van der Waals surface area contributed by atoms with Gasteiger partial charge in [-0.3, -0.25) is 9.59 Å². The molecule has 0 radical (unpaired) electrons. The summed E-state index contributed by atoms with van der Waals surface area (Å²) in [6.45, 7) is 0. The zero-order valence-corrected chi connectivity index (χ0v) is 11.6. The van der Waals surface area contributed by atoms with Crippen LogP contribution in [0.5, 0.6) is 5.75 Å². The summed E-state index contributed by atoms with van der Waals surface area (Å²) in [5, 5.41) is 0. The molecular formula is C14H15BrO3. The standard InChI is InChI=1S/C14H15BrO3/c15-12-5-6-13(11(8-12)9-16)18-14(17)7-10-3-1-2-4-10/h5-6,8-10H,1-4,7H2. The lowest BCUT2D eigenvalue weighted by Gasteiger charge is -2.10. The SMILES string of the molecule is O=Cc1cc(Br)ccc1OC(=O)CC1CCCC1. The number of esters is 1. The van der Waals surface area contributed by atoms with Crippen LogP contribution in [0.3, 0.4) is 0 Å². The molecule has 0 aromatic heterocycles. The van der Waals surface area contributed by atoms with Crippen LogP contribution in [-0.4, -0.2) is 12.3 Å². The molecule has 1 saturated carbocycles. The van der Waals surface area contributed by atoms with Gasteiger partial charge in [-0.1, -0.05) is 28.8 Å². The lowest BCUT2D eigenvalue weighted by Crippen LogP contribution is -2.13. The van der Waals surface area contributed by atoms with Gasteiger partial charge in [0.25, 0.3) is 0 Å². The molecule has 1 aromatic carbocycles. The first kappa shape index (κ1) is 13.3. The highest BCUT2D eigenvalue weighted by Crippen LogP contribution is 2.28. The average Bonchev–Trinajstić information content (AvgIpc) is 2.84. The number of hydrogen-bond acceptors (Lipinski definition) is 3. The molecule has 1 aliphatic rings. The summed E-state index contributed by atoms with van der Waals surface area (Å²) in [6.07, 6.45) is 5.77. The molecule has 18 heavy (non-hydrogen) atoms. The van der Waals surface area contributed by atoms with Gasteiger partial charge in [0.2, 0.25) is 0 Å². The number of carbonyl (C=O) groups is 2. The van der Waals surface area contributed by atoms with Gasteiger partial charge >= 0.3 is 5.97 Å². The Bertz CT molecular complexity index is 450. The lowest BCUT2D eigenvalue weighted by molar-refractivity contribution is -0.135. The summed E-state index contributed by atoms with van der Waals surface area (Å²) >= 11 is 3.27. The minimum absolute atomic E-state index is 0.243. The molecule has 0 spiro atoms. The predicted molar refractivity (Wildman–Crippen MR) is 71.7 cm³/mol. The highest BCUT2D eigenvalue weighted by molar-refractivity contribution is 9.10. The summed E-state index contributed by atoms with van der Waals surface area (Å²) in [5.41, 5.74) is 0.393. The van der Waals surface area contributed by atoms with Crippen molar-refractivity contribution < 1.29 is 14.3 Å². The first-order valence-electron chi connectivity index (χ1n) is 6.14. The number of hydrogen-bond donors (Lipinski definition) is 0. The molecule has 0 unspecified atom stereocenters. The van der Waals surface area contributed by atoms with E-state index in [-0.39, 0.29) is 5.97 Å². The van der Waals surface area contributed by atoms with Crippen molar-refractivity contribution in [3.63, 3.8) is 0 Å². The van der Waals surface area contributed by atoms with E-state index in [9.17, 15) is 9.59 Å². The molecule has 1 aromatic rings. The van der Waals surface area contributed by atoms with Crippen LogP contribution in [0.2, 0.25) is 0 Å². The van der Waals surface area contributed by atoms with Crippen LogP contribution < -0.4 is 4.74 Å². The molecule has 3 nitrogen and oxygen atoms in total. The molecule has 1 aliphatic carbocycles. The van der Waals surface area contributed by atoms with Crippen molar-refractivity contribution in [2.75, 3.05) is 0 Å². The second-order valence-corrected chi connectivity index (χ2v) is 5.54. The van der Waals surface area contributed by atoms with Crippen LogP contribution in [0.15, 0.2) is 22.7 Å². The number of rotatable bonds is 4. The van der Waals surface area contributed by atoms with Crippen LogP contribution in [0.4, 0.5) is 0 Å². The van der Waals surface area contributed by atoms with E-state index in [0.29, 0.717) is 29.9 Å². The monoisotopic (exact) mass is 310 g/mol. The predicted octanol–water partition coefficient (Wildman–Crippen LogP) is 3.75. The van der Waals surface area contributed by atoms with Crippen molar-refractivity contribution in [2.24, 2.45) is 5.92 Å². The summed E-state index contributed by atoms with van der Waals surface area (Å²) in [6, 6.07) is 5.04. The van der Waals surface area contributed by atoms with Crippen molar-refractivity contribution in [1.29, 1.82) is 0 Å². The van der Waals surface area contributed by atoms with Crippen molar-refractivity contribution in [3.05, 3.63) is 28.2 Å². The minimum Gasteiger partial charge on any atom is -0.426 e. The zero-order chi connectivity index (χ0) is 13.0. The number of halogens is 1. The molecule has 0 atom stereocenters. The fourth-order valence-electron chi connectivity index (χ4n) is 2.32. The molecule has 2 rings (SSSR count). The van der Waals surface area contributed by atoms with Crippen molar-refractivity contribution in [3.8, 4) is 5.75 Å². The third kappa shape index (κ3) is 3.42. The summed E-state index contributed by atoms with van der Waals surface area (Å²) in [4.78, 5) is 22.7. The van der Waals surface area contributed by atoms with Gasteiger partial charge in [-0.25, -0.2) is 0 Å². The van der Waals surface area contributed by atoms with Gasteiger partial charge in [0.05, 0.1) is 5.56 Å². The lowest BCUT2D eigenvalue weighted by atomic mass is 10.0. The molecule has 96 valence electrons. The first-order chi connectivity index (χ1) is 8.69. The highest BCUT2D eigenvalue weighted by atomic mass is 79.9. The Hall–Kier alpha value is -1.16. The number of carbonyl (C=O) groups excluding carboxylic acids is 2. The van der Waals surface area contributed by atoms with E-state index in [1.54, 1.807) is 18.2 Å². The largest absolute Gasteiger partial charge is 0.426 e. The number of benzene rings is 1. The quantitative estimate of drug-likeness (QED) is 0.483. The van der Waals surface area contributed by atoms with Crippen LogP contribution in [0.1, 0.15) is 42.5 Å². The second kappa shape index (κ2) is 6.14. The van der Waals surface area contributed by atoms with E-state index in [2.05, 4.69) is 15.9 Å². The molecule has 0 N–H and O–H groups in total. The molecule has 0 aliphatic heterocycles. The Morgan fingerprint density at radius 1 is 1.39 bits per heavy atom. The maximum Gasteiger partial charge on any atom is 0.311 e. The molecule has 0 bridgehead atoms. The maximum absolute atomic E-state index is 11.8. The Labute approximate surface area is 115 Å². The van der Waals surface area contributed by atoms with Gasteiger partial charge in [0.1, 0.15) is 5.75 Å². The van der Waals surface area contributed by atoms with Gasteiger partial charge in [-0.15, -0.1) is 0 Å². The van der Waals surface area contributed by atoms with Crippen molar-refractivity contribution in [1.82, 2.24) is 0 Å². The van der Waals surface area contributed by atoms with E-state index in [0.717, 1.165) is 17.3 Å². The summed E-state index contributed by atoms with van der Waals surface area (Å²) in [7, 11) is 0. The van der Waals surface area contributed by atoms with Gasteiger partial charge < -0.3 is 4.74 Å². The van der Waals surface area contributed by atoms with Gasteiger partial charge in [0.15, 0.2) is 6.29 Å². The summed E-state index contributed by atoms with van der Waals surface area (Å²) < 4.78 is 6.05. The average molecular weight is 311 g/mol. The highest BCUT2D eigenvalue weighted by Gasteiger charge is 2.20. The van der Waals surface area contributed by atoms with Crippen molar-refractivity contribution >= 4 is 28.2 Å². The normalized spacial score (nSPS) is 15.6. The van der Waals surface area contributed by atoms with E-state index in [1.165, 1.54) is 12.8 Å². The first-order valence-corrected chi connectivity index (χ1v) is 6.94. The van der Waals surface area contributed by atoms with Crippen LogP contribution in [0, 0.1) is 5.92 Å². The fourth-order valence-corrected chi connectivity index (χ4v) is 2.70. The molecule has 1 fully saturated rings. The Balaban J connectivity index is 1.99. The van der Waals surface area contributed by atoms with E-state index in [4.69, 9.17) is 4.74 Å². The molecule has 0 heterocycles. The summed E-state index contributed by atoms with van der Waals surface area (Å²) in [5.74, 6) is 0.552. The Morgan fingerprint density at radius 3 is 2.78 bits per heavy atom. The van der Waals surface area contributed by atoms with Crippen LogP contribution >= 0.6 is 15.9 Å². The maximum atomic E-state index is 11.8. The molecular weight excluding hydrogens is 296 g/mol.